The Morgan fingerprint density at radius 1 is 1.00 bits per heavy atom. The van der Waals surface area contributed by atoms with Crippen LogP contribution in [0.5, 0.6) is 0 Å². The second-order valence-corrected chi connectivity index (χ2v) is 5.73. The summed E-state index contributed by atoms with van der Waals surface area (Å²) in [6, 6.07) is 1.47. The summed E-state index contributed by atoms with van der Waals surface area (Å²) in [7, 11) is -0.642. The van der Waals surface area contributed by atoms with Crippen molar-refractivity contribution >= 4 is 36.0 Å². The standard InChI is InChI=1S/C10H13BCl2N2O2/c1-9(2)10(3,4)17-11(16-9)8-14-6(12)5-7(13)15-8/h5H,1-4H3. The monoisotopic (exact) mass is 274 g/mol. The van der Waals surface area contributed by atoms with Crippen molar-refractivity contribution in [3.63, 3.8) is 0 Å². The Labute approximate surface area is 111 Å². The Kier molecular flexibility index (Phi) is 3.15. The molecule has 2 rings (SSSR count). The Bertz CT molecular complexity index is 418. The molecule has 1 aliphatic heterocycles. The SMILES string of the molecule is CC1(C)OB(c2nc(Cl)cc(Cl)n2)OC1(C)C. The molecule has 0 unspecified atom stereocenters. The first-order chi connectivity index (χ1) is 7.71. The third-order valence-electron chi connectivity index (χ3n) is 3.14. The average molecular weight is 275 g/mol. The van der Waals surface area contributed by atoms with Gasteiger partial charge >= 0.3 is 7.12 Å². The molecule has 0 amide bonds. The highest BCUT2D eigenvalue weighted by Crippen LogP contribution is 2.36. The van der Waals surface area contributed by atoms with Crippen LogP contribution in [0.2, 0.25) is 10.3 Å². The van der Waals surface area contributed by atoms with Crippen molar-refractivity contribution in [2.45, 2.75) is 38.9 Å². The van der Waals surface area contributed by atoms with Crippen LogP contribution in [0.4, 0.5) is 0 Å². The highest BCUT2D eigenvalue weighted by atomic mass is 35.5. The summed E-state index contributed by atoms with van der Waals surface area (Å²) in [5.41, 5.74) is -0.521. The van der Waals surface area contributed by atoms with Crippen molar-refractivity contribution < 1.29 is 9.31 Å². The minimum absolute atomic E-state index is 0.273. The van der Waals surface area contributed by atoms with Crippen LogP contribution in [-0.4, -0.2) is 28.3 Å². The van der Waals surface area contributed by atoms with E-state index >= 15 is 0 Å². The second-order valence-electron chi connectivity index (χ2n) is 4.96. The van der Waals surface area contributed by atoms with Crippen molar-refractivity contribution in [1.82, 2.24) is 9.97 Å². The fourth-order valence-corrected chi connectivity index (χ4v) is 1.90. The Morgan fingerprint density at radius 2 is 1.41 bits per heavy atom. The van der Waals surface area contributed by atoms with Crippen molar-refractivity contribution in [2.75, 3.05) is 0 Å². The van der Waals surface area contributed by atoms with Gasteiger partial charge in [0.15, 0.2) is 5.72 Å². The van der Waals surface area contributed by atoms with Crippen molar-refractivity contribution in [3.8, 4) is 0 Å². The Hall–Kier alpha value is -0.355. The number of rotatable bonds is 1. The average Bonchev–Trinajstić information content (AvgIpc) is 2.34. The van der Waals surface area contributed by atoms with Crippen LogP contribution < -0.4 is 5.72 Å². The summed E-state index contributed by atoms with van der Waals surface area (Å²) in [5, 5.41) is 0.546. The lowest BCUT2D eigenvalue weighted by atomic mass is 9.89. The van der Waals surface area contributed by atoms with Gasteiger partial charge in [-0.15, -0.1) is 0 Å². The minimum Gasteiger partial charge on any atom is -0.397 e. The fraction of sp³-hybridized carbons (Fsp3) is 0.600. The molecule has 4 nitrogen and oxygen atoms in total. The molecule has 1 aromatic heterocycles. The van der Waals surface area contributed by atoms with E-state index in [1.54, 1.807) is 0 Å². The molecule has 0 N–H and O–H groups in total. The topological polar surface area (TPSA) is 44.2 Å². The second kappa shape index (κ2) is 4.09. The summed E-state index contributed by atoms with van der Waals surface area (Å²) in [6.45, 7) is 7.83. The molecule has 7 heteroatoms. The van der Waals surface area contributed by atoms with Gasteiger partial charge in [0, 0.05) is 6.07 Å². The molecular weight excluding hydrogens is 262 g/mol. The molecule has 0 aliphatic carbocycles. The molecule has 2 heterocycles. The maximum Gasteiger partial charge on any atom is 0.534 e. The van der Waals surface area contributed by atoms with E-state index in [0.717, 1.165) is 0 Å². The van der Waals surface area contributed by atoms with Gasteiger partial charge < -0.3 is 9.31 Å². The van der Waals surface area contributed by atoms with E-state index in [4.69, 9.17) is 32.5 Å². The van der Waals surface area contributed by atoms with Gasteiger partial charge in [0.2, 0.25) is 0 Å². The van der Waals surface area contributed by atoms with Crippen molar-refractivity contribution in [2.24, 2.45) is 0 Å². The predicted octanol–water partition coefficient (Wildman–Crippen LogP) is 2.08. The van der Waals surface area contributed by atoms with Gasteiger partial charge in [-0.1, -0.05) is 23.2 Å². The molecule has 0 saturated carbocycles. The molecule has 17 heavy (non-hydrogen) atoms. The van der Waals surface area contributed by atoms with Crippen molar-refractivity contribution in [1.29, 1.82) is 0 Å². The van der Waals surface area contributed by atoms with Gasteiger partial charge in [0.1, 0.15) is 10.3 Å². The van der Waals surface area contributed by atoms with Gasteiger partial charge in [-0.05, 0) is 27.7 Å². The zero-order valence-corrected chi connectivity index (χ0v) is 11.6. The van der Waals surface area contributed by atoms with Crippen molar-refractivity contribution in [3.05, 3.63) is 16.4 Å². The van der Waals surface area contributed by atoms with E-state index in [1.165, 1.54) is 6.07 Å². The number of nitrogens with zero attached hydrogens (tertiary/aromatic N) is 2. The lowest BCUT2D eigenvalue weighted by Gasteiger charge is -2.32. The fourth-order valence-electron chi connectivity index (χ4n) is 1.46. The molecule has 0 spiro atoms. The molecule has 1 aromatic rings. The molecule has 0 atom stereocenters. The van der Waals surface area contributed by atoms with E-state index < -0.39 is 18.3 Å². The van der Waals surface area contributed by atoms with Crippen LogP contribution in [0.25, 0.3) is 0 Å². The quantitative estimate of drug-likeness (QED) is 0.581. The zero-order chi connectivity index (χ0) is 12.8. The maximum absolute atomic E-state index is 5.82. The summed E-state index contributed by atoms with van der Waals surface area (Å²) in [4.78, 5) is 8.13. The summed E-state index contributed by atoms with van der Waals surface area (Å²) >= 11 is 11.6. The molecular formula is C10H13BCl2N2O2. The lowest BCUT2D eigenvalue weighted by Crippen LogP contribution is -2.41. The Morgan fingerprint density at radius 3 is 1.82 bits per heavy atom. The summed E-state index contributed by atoms with van der Waals surface area (Å²) in [6.07, 6.45) is 0. The molecule has 1 saturated heterocycles. The molecule has 1 aliphatic rings. The van der Waals surface area contributed by atoms with Crippen LogP contribution in [0.1, 0.15) is 27.7 Å². The largest absolute Gasteiger partial charge is 0.534 e. The summed E-state index contributed by atoms with van der Waals surface area (Å²) < 4.78 is 11.6. The smallest absolute Gasteiger partial charge is 0.397 e. The predicted molar refractivity (Wildman–Crippen MR) is 67.8 cm³/mol. The van der Waals surface area contributed by atoms with E-state index in [-0.39, 0.29) is 10.3 Å². The van der Waals surface area contributed by atoms with Gasteiger partial charge in [-0.2, -0.15) is 0 Å². The number of hydrogen-bond acceptors (Lipinski definition) is 4. The molecule has 0 bridgehead atoms. The van der Waals surface area contributed by atoms with E-state index in [1.807, 2.05) is 27.7 Å². The number of aromatic nitrogens is 2. The lowest BCUT2D eigenvalue weighted by molar-refractivity contribution is 0.00578. The first-order valence-corrected chi connectivity index (χ1v) is 6.02. The number of hydrogen-bond donors (Lipinski definition) is 0. The van der Waals surface area contributed by atoms with Crippen LogP contribution in [-0.2, 0) is 9.31 Å². The van der Waals surface area contributed by atoms with Gasteiger partial charge in [0.05, 0.1) is 11.2 Å². The third-order valence-corrected chi connectivity index (χ3v) is 3.53. The summed E-state index contributed by atoms with van der Waals surface area (Å²) in [5.74, 6) is 0. The minimum atomic E-state index is -0.642. The molecule has 1 fully saturated rings. The first kappa shape index (κ1) is 13.1. The van der Waals surface area contributed by atoms with Gasteiger partial charge in [-0.3, -0.25) is 0 Å². The van der Waals surface area contributed by atoms with Crippen LogP contribution in [0.3, 0.4) is 0 Å². The first-order valence-electron chi connectivity index (χ1n) is 5.27. The van der Waals surface area contributed by atoms with E-state index in [0.29, 0.717) is 5.72 Å². The van der Waals surface area contributed by atoms with Crippen LogP contribution in [0, 0.1) is 0 Å². The highest BCUT2D eigenvalue weighted by Gasteiger charge is 2.53. The zero-order valence-electron chi connectivity index (χ0n) is 10.1. The number of halogens is 2. The van der Waals surface area contributed by atoms with E-state index in [2.05, 4.69) is 9.97 Å². The Balaban J connectivity index is 2.32. The molecule has 0 aromatic carbocycles. The molecule has 0 radical (unpaired) electrons. The highest BCUT2D eigenvalue weighted by molar-refractivity contribution is 6.60. The van der Waals surface area contributed by atoms with Crippen LogP contribution >= 0.6 is 23.2 Å². The third kappa shape index (κ3) is 2.43. The van der Waals surface area contributed by atoms with E-state index in [9.17, 15) is 0 Å². The van der Waals surface area contributed by atoms with Gasteiger partial charge in [-0.25, -0.2) is 9.97 Å². The normalized spacial score (nSPS) is 21.9. The maximum atomic E-state index is 5.82. The van der Waals surface area contributed by atoms with Crippen LogP contribution in [0.15, 0.2) is 6.07 Å². The van der Waals surface area contributed by atoms with Gasteiger partial charge in [0.25, 0.3) is 0 Å². The molecule has 92 valence electrons.